The Labute approximate surface area is 190 Å². The van der Waals surface area contributed by atoms with E-state index in [1.165, 1.54) is 19.4 Å². The zero-order valence-corrected chi connectivity index (χ0v) is 18.4. The number of hydrogen-bond acceptors (Lipinski definition) is 6. The third-order valence-electron chi connectivity index (χ3n) is 5.97. The molecule has 0 bridgehead atoms. The van der Waals surface area contributed by atoms with Crippen molar-refractivity contribution in [3.05, 3.63) is 59.9 Å². The van der Waals surface area contributed by atoms with Crippen molar-refractivity contribution in [1.82, 2.24) is 14.8 Å². The highest BCUT2D eigenvalue weighted by molar-refractivity contribution is 6.32. The summed E-state index contributed by atoms with van der Waals surface area (Å²) >= 11 is 0. The normalized spacial score (nSPS) is 17.5. The van der Waals surface area contributed by atoms with E-state index >= 15 is 0 Å². The second kappa shape index (κ2) is 8.67. The Bertz CT molecular complexity index is 1250. The highest BCUT2D eigenvalue weighted by Gasteiger charge is 2.28. The molecule has 170 valence electrons. The minimum absolute atomic E-state index is 0.244. The molecule has 9 heteroatoms. The van der Waals surface area contributed by atoms with E-state index < -0.39 is 5.82 Å². The molecule has 2 N–H and O–H groups in total. The van der Waals surface area contributed by atoms with Crippen LogP contribution in [0.15, 0.2) is 48.6 Å². The first-order valence-corrected chi connectivity index (χ1v) is 10.8. The number of allylic oxidation sites excluding steroid dienone is 1. The highest BCUT2D eigenvalue weighted by Crippen LogP contribution is 2.38. The number of carbonyl (C=O) groups excluding carboxylic acids is 1. The maximum absolute atomic E-state index is 14.6. The number of aromatic nitrogens is 3. The number of hydrogen-bond donors (Lipinski definition) is 2. The van der Waals surface area contributed by atoms with Crippen LogP contribution in [0.1, 0.15) is 31.4 Å². The van der Waals surface area contributed by atoms with Gasteiger partial charge in [0.15, 0.2) is 0 Å². The van der Waals surface area contributed by atoms with Crippen molar-refractivity contribution in [2.24, 2.45) is 0 Å². The van der Waals surface area contributed by atoms with Crippen LogP contribution in [0.3, 0.4) is 0 Å². The Morgan fingerprint density at radius 1 is 1.30 bits per heavy atom. The number of amides is 1. The van der Waals surface area contributed by atoms with Gasteiger partial charge in [-0.1, -0.05) is 6.07 Å². The SMILES string of the molecule is COc1cccc(F)c1-c1cc2c(cn1)NC(=O)/C2=C(/C)Nc1cnn(C2CCOCC2)c1. The Kier molecular flexibility index (Phi) is 5.55. The minimum atomic E-state index is -0.444. The summed E-state index contributed by atoms with van der Waals surface area (Å²) in [6.45, 7) is 3.30. The number of methoxy groups -OCH3 is 1. The van der Waals surface area contributed by atoms with Crippen molar-refractivity contribution in [3.8, 4) is 17.0 Å². The van der Waals surface area contributed by atoms with Crippen LogP contribution in [0.5, 0.6) is 5.75 Å². The first-order chi connectivity index (χ1) is 16.0. The summed E-state index contributed by atoms with van der Waals surface area (Å²) in [4.78, 5) is 17.1. The maximum Gasteiger partial charge on any atom is 0.258 e. The molecule has 1 aromatic carbocycles. The molecule has 5 rings (SSSR count). The van der Waals surface area contributed by atoms with Gasteiger partial charge in [-0.05, 0) is 38.0 Å². The molecule has 3 aromatic rings. The molecule has 1 fully saturated rings. The fourth-order valence-corrected chi connectivity index (χ4v) is 4.33. The van der Waals surface area contributed by atoms with Crippen LogP contribution in [0.25, 0.3) is 16.8 Å². The van der Waals surface area contributed by atoms with Crippen LogP contribution in [-0.4, -0.2) is 41.0 Å². The van der Waals surface area contributed by atoms with Gasteiger partial charge in [0.25, 0.3) is 5.91 Å². The van der Waals surface area contributed by atoms with Crippen molar-refractivity contribution >= 4 is 22.9 Å². The van der Waals surface area contributed by atoms with Gasteiger partial charge in [-0.2, -0.15) is 5.10 Å². The molecule has 1 amide bonds. The van der Waals surface area contributed by atoms with Crippen molar-refractivity contribution in [2.45, 2.75) is 25.8 Å². The van der Waals surface area contributed by atoms with Gasteiger partial charge in [0.2, 0.25) is 0 Å². The number of carbonyl (C=O) groups is 1. The van der Waals surface area contributed by atoms with Gasteiger partial charge < -0.3 is 20.1 Å². The van der Waals surface area contributed by atoms with E-state index in [-0.39, 0.29) is 11.5 Å². The maximum atomic E-state index is 14.6. The van der Waals surface area contributed by atoms with Crippen LogP contribution < -0.4 is 15.4 Å². The van der Waals surface area contributed by atoms with Gasteiger partial charge in [-0.25, -0.2) is 4.39 Å². The van der Waals surface area contributed by atoms with Crippen LogP contribution in [0.2, 0.25) is 0 Å². The molecular weight excluding hydrogens is 425 g/mol. The number of rotatable bonds is 5. The summed E-state index contributed by atoms with van der Waals surface area (Å²) in [7, 11) is 1.48. The molecule has 0 atom stereocenters. The molecular formula is C24H24FN5O3. The largest absolute Gasteiger partial charge is 0.496 e. The number of benzene rings is 1. The predicted octanol–water partition coefficient (Wildman–Crippen LogP) is 4.24. The number of anilines is 2. The van der Waals surface area contributed by atoms with E-state index in [9.17, 15) is 9.18 Å². The molecule has 0 spiro atoms. The molecule has 2 aliphatic heterocycles. The lowest BCUT2D eigenvalue weighted by Gasteiger charge is -2.22. The Hall–Kier alpha value is -3.72. The van der Waals surface area contributed by atoms with Crippen molar-refractivity contribution < 1.29 is 18.7 Å². The van der Waals surface area contributed by atoms with E-state index in [0.29, 0.717) is 40.0 Å². The third-order valence-corrected chi connectivity index (χ3v) is 5.97. The summed E-state index contributed by atoms with van der Waals surface area (Å²) in [6, 6.07) is 6.63. The van der Waals surface area contributed by atoms with Crippen LogP contribution >= 0.6 is 0 Å². The lowest BCUT2D eigenvalue weighted by molar-refractivity contribution is -0.110. The number of halogens is 1. The summed E-state index contributed by atoms with van der Waals surface area (Å²) < 4.78 is 27.3. The molecule has 4 heterocycles. The minimum Gasteiger partial charge on any atom is -0.496 e. The third kappa shape index (κ3) is 3.95. The van der Waals surface area contributed by atoms with Crippen molar-refractivity contribution in [1.29, 1.82) is 0 Å². The lowest BCUT2D eigenvalue weighted by Crippen LogP contribution is -2.19. The van der Waals surface area contributed by atoms with Gasteiger partial charge in [0.05, 0.1) is 53.8 Å². The number of ether oxygens (including phenoxy) is 2. The van der Waals surface area contributed by atoms with Gasteiger partial charge in [-0.15, -0.1) is 0 Å². The summed E-state index contributed by atoms with van der Waals surface area (Å²) in [5.41, 5.74) is 3.80. The zero-order chi connectivity index (χ0) is 22.9. The van der Waals surface area contributed by atoms with Crippen LogP contribution in [0.4, 0.5) is 15.8 Å². The number of nitrogens with zero attached hydrogens (tertiary/aromatic N) is 3. The van der Waals surface area contributed by atoms with E-state index in [1.54, 1.807) is 24.4 Å². The first-order valence-electron chi connectivity index (χ1n) is 10.8. The van der Waals surface area contributed by atoms with Crippen LogP contribution in [-0.2, 0) is 9.53 Å². The average molecular weight is 449 g/mol. The standard InChI is InChI=1S/C24H24FN5O3/c1-14(28-15-11-27-30(13-15)16-6-8-33-9-7-16)22-17-10-19(26-12-20(17)29-24(22)31)23-18(25)4-3-5-21(23)32-2/h3-5,10-13,16,28H,6-9H2,1-2H3,(H,29,31)/b22-14-. The van der Waals surface area contributed by atoms with Crippen LogP contribution in [0, 0.1) is 5.82 Å². The van der Waals surface area contributed by atoms with Gasteiger partial charge in [-0.3, -0.25) is 14.5 Å². The van der Waals surface area contributed by atoms with Gasteiger partial charge in [0, 0.05) is 30.7 Å². The number of fused-ring (bicyclic) bond motifs is 1. The van der Waals surface area contributed by atoms with E-state index in [4.69, 9.17) is 9.47 Å². The van der Waals surface area contributed by atoms with Gasteiger partial charge >= 0.3 is 0 Å². The number of pyridine rings is 1. The average Bonchev–Trinajstić information content (AvgIpc) is 3.42. The summed E-state index contributed by atoms with van der Waals surface area (Å²) in [5.74, 6) is -0.313. The first kappa shape index (κ1) is 21.1. The molecule has 0 aliphatic carbocycles. The molecule has 0 unspecified atom stereocenters. The molecule has 8 nitrogen and oxygen atoms in total. The molecule has 33 heavy (non-hydrogen) atoms. The lowest BCUT2D eigenvalue weighted by atomic mass is 10.0. The topological polar surface area (TPSA) is 90.3 Å². The zero-order valence-electron chi connectivity index (χ0n) is 18.4. The Morgan fingerprint density at radius 3 is 2.91 bits per heavy atom. The Balaban J connectivity index is 1.48. The second-order valence-corrected chi connectivity index (χ2v) is 8.06. The molecule has 0 saturated carbocycles. The summed E-state index contributed by atoms with van der Waals surface area (Å²) in [6.07, 6.45) is 7.07. The number of nitrogens with one attached hydrogen (secondary N) is 2. The predicted molar refractivity (Wildman–Crippen MR) is 122 cm³/mol. The van der Waals surface area contributed by atoms with Crippen molar-refractivity contribution in [3.63, 3.8) is 0 Å². The quantitative estimate of drug-likeness (QED) is 0.567. The monoisotopic (exact) mass is 449 g/mol. The highest BCUT2D eigenvalue weighted by atomic mass is 19.1. The Morgan fingerprint density at radius 2 is 2.12 bits per heavy atom. The van der Waals surface area contributed by atoms with E-state index in [1.807, 2.05) is 17.8 Å². The fourth-order valence-electron chi connectivity index (χ4n) is 4.33. The second-order valence-electron chi connectivity index (χ2n) is 8.06. The van der Waals surface area contributed by atoms with Gasteiger partial charge in [0.1, 0.15) is 11.6 Å². The van der Waals surface area contributed by atoms with E-state index in [0.717, 1.165) is 31.7 Å². The molecule has 2 aromatic heterocycles. The molecule has 0 radical (unpaired) electrons. The van der Waals surface area contributed by atoms with Crippen molar-refractivity contribution in [2.75, 3.05) is 31.0 Å². The molecule has 2 aliphatic rings. The van der Waals surface area contributed by atoms with E-state index in [2.05, 4.69) is 20.7 Å². The summed E-state index contributed by atoms with van der Waals surface area (Å²) in [5, 5.41) is 10.6. The molecule has 1 saturated heterocycles. The fraction of sp³-hybridized carbons (Fsp3) is 0.292. The smallest absolute Gasteiger partial charge is 0.258 e.